The van der Waals surface area contributed by atoms with E-state index in [1.165, 1.54) is 7.11 Å². The highest BCUT2D eigenvalue weighted by atomic mass is 127. The SMILES string of the molecule is CN=C(NCCc1ccc(NC(=O)OC(C)(C)C)cc1)NCC(C)C(=O)OC.I. The number of nitrogens with zero attached hydrogens (tertiary/aromatic N) is 1. The topological polar surface area (TPSA) is 101 Å². The summed E-state index contributed by atoms with van der Waals surface area (Å²) in [6.45, 7) is 8.37. The van der Waals surface area contributed by atoms with Crippen molar-refractivity contribution in [2.24, 2.45) is 10.9 Å². The van der Waals surface area contributed by atoms with Crippen LogP contribution in [0.3, 0.4) is 0 Å². The third kappa shape index (κ3) is 11.5. The van der Waals surface area contributed by atoms with Crippen LogP contribution in [0.1, 0.15) is 33.3 Å². The minimum absolute atomic E-state index is 0. The third-order valence-electron chi connectivity index (χ3n) is 3.71. The quantitative estimate of drug-likeness (QED) is 0.221. The molecule has 0 saturated carbocycles. The molecule has 3 N–H and O–H groups in total. The van der Waals surface area contributed by atoms with E-state index in [1.807, 2.05) is 45.0 Å². The first kappa shape index (κ1) is 27.0. The van der Waals surface area contributed by atoms with Gasteiger partial charge in [-0.05, 0) is 44.9 Å². The standard InChI is InChI=1S/C20H32N4O4.HI/c1-14(17(25)27-6)13-23-18(21-5)22-12-11-15-7-9-16(10-8-15)24-19(26)28-20(2,3)4;/h7-10,14H,11-13H2,1-6H3,(H,24,26)(H2,21,22,23);1H. The summed E-state index contributed by atoms with van der Waals surface area (Å²) in [6, 6.07) is 7.57. The molecule has 0 spiro atoms. The molecule has 0 bridgehead atoms. The van der Waals surface area contributed by atoms with Crippen LogP contribution in [0.2, 0.25) is 0 Å². The molecule has 0 aliphatic heterocycles. The number of hydrogen-bond acceptors (Lipinski definition) is 5. The van der Waals surface area contributed by atoms with Crippen molar-refractivity contribution in [3.05, 3.63) is 29.8 Å². The normalized spacial score (nSPS) is 12.3. The Morgan fingerprint density at radius 2 is 1.76 bits per heavy atom. The average Bonchev–Trinajstić information content (AvgIpc) is 2.63. The van der Waals surface area contributed by atoms with Gasteiger partial charge in [-0.2, -0.15) is 0 Å². The van der Waals surface area contributed by atoms with Crippen LogP contribution in [0.4, 0.5) is 10.5 Å². The predicted molar refractivity (Wildman–Crippen MR) is 126 cm³/mol. The molecule has 1 atom stereocenters. The van der Waals surface area contributed by atoms with Gasteiger partial charge in [0.05, 0.1) is 13.0 Å². The van der Waals surface area contributed by atoms with E-state index in [2.05, 4.69) is 20.9 Å². The van der Waals surface area contributed by atoms with Crippen LogP contribution in [-0.2, 0) is 20.7 Å². The zero-order valence-corrected chi connectivity index (χ0v) is 20.3. The number of benzene rings is 1. The van der Waals surface area contributed by atoms with E-state index < -0.39 is 11.7 Å². The number of carbonyl (C=O) groups is 2. The maximum Gasteiger partial charge on any atom is 0.412 e. The number of aliphatic imine (C=N–C) groups is 1. The van der Waals surface area contributed by atoms with Crippen molar-refractivity contribution in [1.29, 1.82) is 0 Å². The minimum Gasteiger partial charge on any atom is -0.469 e. The summed E-state index contributed by atoms with van der Waals surface area (Å²) < 4.78 is 9.93. The first-order chi connectivity index (χ1) is 13.1. The minimum atomic E-state index is -0.531. The van der Waals surface area contributed by atoms with Crippen LogP contribution in [0.25, 0.3) is 0 Å². The van der Waals surface area contributed by atoms with Crippen molar-refractivity contribution in [1.82, 2.24) is 10.6 Å². The lowest BCUT2D eigenvalue weighted by Gasteiger charge is -2.19. The van der Waals surface area contributed by atoms with Gasteiger partial charge in [0.1, 0.15) is 5.60 Å². The second-order valence-corrected chi connectivity index (χ2v) is 7.38. The summed E-state index contributed by atoms with van der Waals surface area (Å²) in [5, 5.41) is 9.00. The van der Waals surface area contributed by atoms with Crippen molar-refractivity contribution in [3.8, 4) is 0 Å². The van der Waals surface area contributed by atoms with Gasteiger partial charge in [-0.3, -0.25) is 15.1 Å². The Hall–Kier alpha value is -2.04. The number of esters is 1. The second kappa shape index (κ2) is 13.2. The van der Waals surface area contributed by atoms with E-state index in [4.69, 9.17) is 9.47 Å². The highest BCUT2D eigenvalue weighted by Crippen LogP contribution is 2.13. The van der Waals surface area contributed by atoms with Crippen LogP contribution in [0.5, 0.6) is 0 Å². The van der Waals surface area contributed by atoms with Crippen LogP contribution in [0, 0.1) is 5.92 Å². The Balaban J connectivity index is 0.00000784. The summed E-state index contributed by atoms with van der Waals surface area (Å²) in [5.41, 5.74) is 1.26. The number of halogens is 1. The zero-order chi connectivity index (χ0) is 21.2. The number of anilines is 1. The van der Waals surface area contributed by atoms with E-state index in [1.54, 1.807) is 14.0 Å². The lowest BCUT2D eigenvalue weighted by atomic mass is 10.1. The first-order valence-electron chi connectivity index (χ1n) is 9.26. The molecule has 0 saturated heterocycles. The maximum atomic E-state index is 11.8. The van der Waals surface area contributed by atoms with Gasteiger partial charge in [0.25, 0.3) is 0 Å². The molecular weight excluding hydrogens is 487 g/mol. The molecule has 29 heavy (non-hydrogen) atoms. The van der Waals surface area contributed by atoms with Gasteiger partial charge < -0.3 is 20.1 Å². The van der Waals surface area contributed by atoms with Crippen molar-refractivity contribution >= 4 is 47.7 Å². The zero-order valence-electron chi connectivity index (χ0n) is 18.0. The molecule has 1 rings (SSSR count). The lowest BCUT2D eigenvalue weighted by molar-refractivity contribution is -0.144. The van der Waals surface area contributed by atoms with E-state index in [0.717, 1.165) is 12.0 Å². The van der Waals surface area contributed by atoms with E-state index in [-0.39, 0.29) is 35.9 Å². The smallest absolute Gasteiger partial charge is 0.412 e. The summed E-state index contributed by atoms with van der Waals surface area (Å²) in [5.74, 6) is 0.107. The molecule has 1 unspecified atom stereocenters. The Bertz CT molecular complexity index is 672. The molecule has 0 radical (unpaired) electrons. The van der Waals surface area contributed by atoms with Crippen LogP contribution in [-0.4, -0.2) is 50.9 Å². The van der Waals surface area contributed by atoms with Crippen molar-refractivity contribution < 1.29 is 19.1 Å². The largest absolute Gasteiger partial charge is 0.469 e. The van der Waals surface area contributed by atoms with Gasteiger partial charge in [-0.15, -0.1) is 24.0 Å². The van der Waals surface area contributed by atoms with Crippen LogP contribution >= 0.6 is 24.0 Å². The molecule has 8 nitrogen and oxygen atoms in total. The predicted octanol–water partition coefficient (Wildman–Crippen LogP) is 3.17. The van der Waals surface area contributed by atoms with Crippen LogP contribution < -0.4 is 16.0 Å². The number of guanidine groups is 1. The monoisotopic (exact) mass is 520 g/mol. The Labute approximate surface area is 190 Å². The molecule has 9 heteroatoms. The van der Waals surface area contributed by atoms with Crippen molar-refractivity contribution in [2.45, 2.75) is 39.7 Å². The summed E-state index contributed by atoms with van der Waals surface area (Å²) >= 11 is 0. The van der Waals surface area contributed by atoms with E-state index >= 15 is 0 Å². The summed E-state index contributed by atoms with van der Waals surface area (Å²) in [7, 11) is 3.05. The molecule has 0 heterocycles. The molecule has 1 aromatic rings. The summed E-state index contributed by atoms with van der Waals surface area (Å²) in [6.07, 6.45) is 0.304. The Kier molecular flexibility index (Phi) is 12.3. The third-order valence-corrected chi connectivity index (χ3v) is 3.71. The molecule has 164 valence electrons. The van der Waals surface area contributed by atoms with Crippen LogP contribution in [0.15, 0.2) is 29.3 Å². The van der Waals surface area contributed by atoms with E-state index in [9.17, 15) is 9.59 Å². The highest BCUT2D eigenvalue weighted by molar-refractivity contribution is 14.0. The van der Waals surface area contributed by atoms with Gasteiger partial charge >= 0.3 is 12.1 Å². The van der Waals surface area contributed by atoms with Gasteiger partial charge in [0, 0.05) is 25.8 Å². The second-order valence-electron chi connectivity index (χ2n) is 7.38. The fraction of sp³-hybridized carbons (Fsp3) is 0.550. The first-order valence-corrected chi connectivity index (χ1v) is 9.26. The molecule has 0 aliphatic carbocycles. The number of rotatable bonds is 7. The lowest BCUT2D eigenvalue weighted by Crippen LogP contribution is -2.41. The number of amides is 1. The molecule has 0 fully saturated rings. The van der Waals surface area contributed by atoms with Crippen molar-refractivity contribution in [3.63, 3.8) is 0 Å². The van der Waals surface area contributed by atoms with Gasteiger partial charge in [-0.1, -0.05) is 19.1 Å². The number of nitrogens with one attached hydrogen (secondary N) is 3. The molecule has 1 amide bonds. The van der Waals surface area contributed by atoms with Gasteiger partial charge in [0.15, 0.2) is 5.96 Å². The fourth-order valence-electron chi connectivity index (χ4n) is 2.26. The van der Waals surface area contributed by atoms with Gasteiger partial charge in [-0.25, -0.2) is 4.79 Å². The van der Waals surface area contributed by atoms with E-state index in [0.29, 0.717) is 24.7 Å². The number of methoxy groups -OCH3 is 1. The summed E-state index contributed by atoms with van der Waals surface area (Å²) in [4.78, 5) is 27.3. The molecular formula is C20H33IN4O4. The van der Waals surface area contributed by atoms with Gasteiger partial charge in [0.2, 0.25) is 0 Å². The average molecular weight is 520 g/mol. The number of ether oxygens (including phenoxy) is 2. The maximum absolute atomic E-state index is 11.8. The highest BCUT2D eigenvalue weighted by Gasteiger charge is 2.16. The Morgan fingerprint density at radius 1 is 1.14 bits per heavy atom. The number of carbonyl (C=O) groups excluding carboxylic acids is 2. The van der Waals surface area contributed by atoms with Crippen molar-refractivity contribution in [2.75, 3.05) is 32.6 Å². The molecule has 0 aromatic heterocycles. The number of hydrogen-bond donors (Lipinski definition) is 3. The Morgan fingerprint density at radius 3 is 2.28 bits per heavy atom. The molecule has 0 aliphatic rings. The fourth-order valence-corrected chi connectivity index (χ4v) is 2.26. The molecule has 1 aromatic carbocycles.